The maximum Gasteiger partial charge on any atom is 0.171 e. The van der Waals surface area contributed by atoms with Gasteiger partial charge in [0, 0.05) is 0 Å². The topological polar surface area (TPSA) is 18.5 Å². The molecule has 0 atom stereocenters. The first-order chi connectivity index (χ1) is 5.88. The van der Waals surface area contributed by atoms with Gasteiger partial charge in [-0.05, 0) is 24.6 Å². The van der Waals surface area contributed by atoms with Crippen molar-refractivity contribution < 1.29 is 9.47 Å². The van der Waals surface area contributed by atoms with E-state index in [0.29, 0.717) is 6.61 Å². The summed E-state index contributed by atoms with van der Waals surface area (Å²) in [6.07, 6.45) is 3.51. The minimum atomic E-state index is 0.580. The van der Waals surface area contributed by atoms with Crippen LogP contribution in [0.4, 0.5) is 0 Å². The van der Waals surface area contributed by atoms with Gasteiger partial charge in [-0.1, -0.05) is 12.1 Å². The van der Waals surface area contributed by atoms with E-state index in [2.05, 4.69) is 0 Å². The van der Waals surface area contributed by atoms with Crippen LogP contribution in [0.3, 0.4) is 0 Å². The first-order valence-corrected chi connectivity index (χ1v) is 3.92. The molecule has 0 fully saturated rings. The van der Waals surface area contributed by atoms with Crippen LogP contribution in [-0.4, -0.2) is 6.61 Å². The van der Waals surface area contributed by atoms with Crippen LogP contribution >= 0.6 is 0 Å². The molecule has 1 heterocycles. The molecule has 0 unspecified atom stereocenters. The third-order valence-corrected chi connectivity index (χ3v) is 1.79. The summed E-state index contributed by atoms with van der Waals surface area (Å²) in [7, 11) is 0. The average Bonchev–Trinajstić information content (AvgIpc) is 2.30. The Balaban J connectivity index is 2.48. The molecule has 1 aliphatic rings. The molecule has 0 N–H and O–H groups in total. The SMILES string of the molecule is Cc1cccc2c1OC=CCO2. The molecule has 2 nitrogen and oxygen atoms in total. The van der Waals surface area contributed by atoms with Gasteiger partial charge in [0.05, 0.1) is 6.26 Å². The van der Waals surface area contributed by atoms with Gasteiger partial charge in [-0.2, -0.15) is 0 Å². The molecule has 12 heavy (non-hydrogen) atoms. The van der Waals surface area contributed by atoms with E-state index in [0.717, 1.165) is 17.1 Å². The van der Waals surface area contributed by atoms with Crippen LogP contribution in [-0.2, 0) is 0 Å². The highest BCUT2D eigenvalue weighted by Gasteiger charge is 2.08. The van der Waals surface area contributed by atoms with Crippen molar-refractivity contribution in [3.05, 3.63) is 36.1 Å². The predicted octanol–water partition coefficient (Wildman–Crippen LogP) is 2.28. The number of hydrogen-bond donors (Lipinski definition) is 0. The van der Waals surface area contributed by atoms with Crippen LogP contribution in [0.5, 0.6) is 11.5 Å². The number of rotatable bonds is 0. The van der Waals surface area contributed by atoms with Crippen molar-refractivity contribution in [3.8, 4) is 11.5 Å². The zero-order valence-electron chi connectivity index (χ0n) is 6.91. The van der Waals surface area contributed by atoms with Crippen molar-refractivity contribution in [3.63, 3.8) is 0 Å². The van der Waals surface area contributed by atoms with Crippen molar-refractivity contribution in [2.24, 2.45) is 0 Å². The number of fused-ring (bicyclic) bond motifs is 1. The number of ether oxygens (including phenoxy) is 2. The van der Waals surface area contributed by atoms with Gasteiger partial charge in [-0.3, -0.25) is 0 Å². The second-order valence-corrected chi connectivity index (χ2v) is 2.70. The Hall–Kier alpha value is -1.44. The summed E-state index contributed by atoms with van der Waals surface area (Å²) < 4.78 is 10.8. The molecule has 0 aliphatic carbocycles. The molecule has 0 spiro atoms. The van der Waals surface area contributed by atoms with Crippen LogP contribution < -0.4 is 9.47 Å². The Labute approximate surface area is 71.4 Å². The van der Waals surface area contributed by atoms with Crippen molar-refractivity contribution in [1.29, 1.82) is 0 Å². The van der Waals surface area contributed by atoms with Crippen molar-refractivity contribution in [1.82, 2.24) is 0 Å². The zero-order valence-corrected chi connectivity index (χ0v) is 6.91. The summed E-state index contributed by atoms with van der Waals surface area (Å²) in [5, 5.41) is 0. The number of aryl methyl sites for hydroxylation is 1. The third-order valence-electron chi connectivity index (χ3n) is 1.79. The second kappa shape index (κ2) is 2.89. The number of hydrogen-bond acceptors (Lipinski definition) is 2. The molecule has 2 heteroatoms. The van der Waals surface area contributed by atoms with Gasteiger partial charge in [-0.25, -0.2) is 0 Å². The molecule has 1 aromatic rings. The molecule has 1 aromatic carbocycles. The van der Waals surface area contributed by atoms with E-state index in [1.54, 1.807) is 6.26 Å². The lowest BCUT2D eigenvalue weighted by molar-refractivity contribution is 0.356. The first kappa shape index (κ1) is 7.22. The fraction of sp³-hybridized carbons (Fsp3) is 0.200. The zero-order chi connectivity index (χ0) is 8.39. The standard InChI is InChI=1S/C10H10O2/c1-8-4-2-5-9-10(8)12-7-3-6-11-9/h2-5,7H,6H2,1H3. The fourth-order valence-corrected chi connectivity index (χ4v) is 1.18. The monoisotopic (exact) mass is 162 g/mol. The summed E-state index contributed by atoms with van der Waals surface area (Å²) in [5.41, 5.74) is 1.10. The molecular formula is C10H10O2. The summed E-state index contributed by atoms with van der Waals surface area (Å²) in [4.78, 5) is 0. The van der Waals surface area contributed by atoms with E-state index in [1.807, 2.05) is 31.2 Å². The molecule has 0 amide bonds. The van der Waals surface area contributed by atoms with Crippen LogP contribution in [0.2, 0.25) is 0 Å². The van der Waals surface area contributed by atoms with E-state index in [1.165, 1.54) is 0 Å². The van der Waals surface area contributed by atoms with E-state index < -0.39 is 0 Å². The van der Waals surface area contributed by atoms with Crippen LogP contribution in [0.15, 0.2) is 30.5 Å². The second-order valence-electron chi connectivity index (χ2n) is 2.70. The Morgan fingerprint density at radius 1 is 1.33 bits per heavy atom. The molecular weight excluding hydrogens is 152 g/mol. The Bertz CT molecular complexity index is 316. The lowest BCUT2D eigenvalue weighted by Crippen LogP contribution is -1.92. The molecule has 1 aliphatic heterocycles. The normalized spacial score (nSPS) is 14.1. The van der Waals surface area contributed by atoms with Gasteiger partial charge < -0.3 is 9.47 Å². The molecule has 0 saturated heterocycles. The summed E-state index contributed by atoms with van der Waals surface area (Å²) in [6.45, 7) is 2.58. The van der Waals surface area contributed by atoms with Crippen LogP contribution in [0.1, 0.15) is 5.56 Å². The van der Waals surface area contributed by atoms with Crippen LogP contribution in [0.25, 0.3) is 0 Å². The Kier molecular flexibility index (Phi) is 1.74. The van der Waals surface area contributed by atoms with Crippen molar-refractivity contribution in [2.75, 3.05) is 6.61 Å². The number of para-hydroxylation sites is 1. The average molecular weight is 162 g/mol. The summed E-state index contributed by atoms with van der Waals surface area (Å²) in [5.74, 6) is 1.64. The van der Waals surface area contributed by atoms with E-state index >= 15 is 0 Å². The molecule has 0 saturated carbocycles. The van der Waals surface area contributed by atoms with Gasteiger partial charge in [0.25, 0.3) is 0 Å². The minimum Gasteiger partial charge on any atom is -0.485 e. The maximum absolute atomic E-state index is 5.42. The van der Waals surface area contributed by atoms with Gasteiger partial charge in [0.2, 0.25) is 0 Å². The third kappa shape index (κ3) is 1.16. The largest absolute Gasteiger partial charge is 0.485 e. The van der Waals surface area contributed by atoms with E-state index in [9.17, 15) is 0 Å². The van der Waals surface area contributed by atoms with Gasteiger partial charge in [0.15, 0.2) is 11.5 Å². The lowest BCUT2D eigenvalue weighted by Gasteiger charge is -2.07. The van der Waals surface area contributed by atoms with Gasteiger partial charge in [-0.15, -0.1) is 0 Å². The lowest BCUT2D eigenvalue weighted by atomic mass is 10.2. The highest BCUT2D eigenvalue weighted by atomic mass is 16.5. The summed E-state index contributed by atoms with van der Waals surface area (Å²) in [6, 6.07) is 5.87. The Morgan fingerprint density at radius 2 is 2.25 bits per heavy atom. The molecule has 2 rings (SSSR count). The quantitative estimate of drug-likeness (QED) is 0.582. The first-order valence-electron chi connectivity index (χ1n) is 3.92. The number of benzene rings is 1. The van der Waals surface area contributed by atoms with Gasteiger partial charge in [0.1, 0.15) is 6.61 Å². The van der Waals surface area contributed by atoms with E-state index in [4.69, 9.17) is 9.47 Å². The molecule has 0 radical (unpaired) electrons. The van der Waals surface area contributed by atoms with Crippen molar-refractivity contribution >= 4 is 0 Å². The van der Waals surface area contributed by atoms with Crippen LogP contribution in [0, 0.1) is 6.92 Å². The highest BCUT2D eigenvalue weighted by Crippen LogP contribution is 2.31. The van der Waals surface area contributed by atoms with Gasteiger partial charge >= 0.3 is 0 Å². The predicted molar refractivity (Wildman–Crippen MR) is 46.4 cm³/mol. The molecule has 0 bridgehead atoms. The highest BCUT2D eigenvalue weighted by molar-refractivity contribution is 5.46. The molecule has 62 valence electrons. The smallest absolute Gasteiger partial charge is 0.171 e. The van der Waals surface area contributed by atoms with E-state index in [-0.39, 0.29) is 0 Å². The maximum atomic E-state index is 5.42. The fourth-order valence-electron chi connectivity index (χ4n) is 1.18. The summed E-state index contributed by atoms with van der Waals surface area (Å²) >= 11 is 0. The Morgan fingerprint density at radius 3 is 3.17 bits per heavy atom. The van der Waals surface area contributed by atoms with Crippen molar-refractivity contribution in [2.45, 2.75) is 6.92 Å². The molecule has 0 aromatic heterocycles. The minimum absolute atomic E-state index is 0.580.